The van der Waals surface area contributed by atoms with E-state index >= 15 is 0 Å². The maximum atomic E-state index is 11.2. The van der Waals surface area contributed by atoms with E-state index in [9.17, 15) is 10.1 Å². The van der Waals surface area contributed by atoms with Crippen LogP contribution < -0.4 is 10.1 Å². The summed E-state index contributed by atoms with van der Waals surface area (Å²) in [6.45, 7) is 4.48. The van der Waals surface area contributed by atoms with Crippen molar-refractivity contribution >= 4 is 11.4 Å². The monoisotopic (exact) mass is 298 g/mol. The van der Waals surface area contributed by atoms with Crippen molar-refractivity contribution in [1.29, 1.82) is 0 Å². The van der Waals surface area contributed by atoms with Crippen molar-refractivity contribution in [3.63, 3.8) is 0 Å². The van der Waals surface area contributed by atoms with Gasteiger partial charge in [-0.3, -0.25) is 10.1 Å². The minimum atomic E-state index is -0.428. The molecular formula is C14H22N2O5. The van der Waals surface area contributed by atoms with Gasteiger partial charge < -0.3 is 19.5 Å². The standard InChI is InChI=1S/C14H22N2O5/c1-3-15-12-6-4-7-13(14(12)16(17)18)21-9-5-8-20-11-10-19-2/h4,6-7,15H,3,5,8-11H2,1-2H3. The highest BCUT2D eigenvalue weighted by atomic mass is 16.6. The molecule has 1 aromatic carbocycles. The van der Waals surface area contributed by atoms with Gasteiger partial charge in [0.1, 0.15) is 5.69 Å². The summed E-state index contributed by atoms with van der Waals surface area (Å²) in [5.41, 5.74) is 0.441. The first kappa shape index (κ1) is 17.2. The molecule has 1 N–H and O–H groups in total. The Bertz CT molecular complexity index is 439. The van der Waals surface area contributed by atoms with E-state index in [1.54, 1.807) is 25.3 Å². The Morgan fingerprint density at radius 1 is 1.24 bits per heavy atom. The van der Waals surface area contributed by atoms with Crippen LogP contribution in [0.2, 0.25) is 0 Å². The van der Waals surface area contributed by atoms with E-state index in [0.29, 0.717) is 45.1 Å². The summed E-state index contributed by atoms with van der Waals surface area (Å²) in [5.74, 6) is 0.273. The molecular weight excluding hydrogens is 276 g/mol. The Hall–Kier alpha value is -1.86. The van der Waals surface area contributed by atoms with Crippen LogP contribution in [0.4, 0.5) is 11.4 Å². The van der Waals surface area contributed by atoms with Crippen LogP contribution in [0.25, 0.3) is 0 Å². The number of rotatable bonds is 11. The van der Waals surface area contributed by atoms with Gasteiger partial charge in [-0.05, 0) is 19.1 Å². The number of nitro groups is 1. The minimum Gasteiger partial charge on any atom is -0.487 e. The van der Waals surface area contributed by atoms with E-state index in [1.165, 1.54) is 0 Å². The molecule has 0 spiro atoms. The summed E-state index contributed by atoms with van der Waals surface area (Å²) in [5, 5.41) is 14.1. The molecule has 0 saturated carbocycles. The van der Waals surface area contributed by atoms with Gasteiger partial charge in [-0.1, -0.05) is 6.07 Å². The van der Waals surface area contributed by atoms with Gasteiger partial charge in [0.2, 0.25) is 0 Å². The molecule has 0 atom stereocenters. The number of hydrogen-bond donors (Lipinski definition) is 1. The van der Waals surface area contributed by atoms with Crippen LogP contribution in [-0.4, -0.2) is 45.0 Å². The lowest BCUT2D eigenvalue weighted by Crippen LogP contribution is -2.08. The van der Waals surface area contributed by atoms with Gasteiger partial charge in [-0.15, -0.1) is 0 Å². The van der Waals surface area contributed by atoms with Crippen LogP contribution in [0.15, 0.2) is 18.2 Å². The molecule has 0 aliphatic heterocycles. The normalized spacial score (nSPS) is 10.4. The third-order valence-electron chi connectivity index (χ3n) is 2.67. The zero-order valence-corrected chi connectivity index (χ0v) is 12.5. The summed E-state index contributed by atoms with van der Waals surface area (Å²) in [6, 6.07) is 5.00. The van der Waals surface area contributed by atoms with Crippen LogP contribution in [0.3, 0.4) is 0 Å². The molecule has 0 fully saturated rings. The van der Waals surface area contributed by atoms with E-state index in [2.05, 4.69) is 5.32 Å². The fourth-order valence-corrected chi connectivity index (χ4v) is 1.75. The summed E-state index contributed by atoms with van der Waals surface area (Å²) in [7, 11) is 1.61. The van der Waals surface area contributed by atoms with Gasteiger partial charge in [0.15, 0.2) is 5.75 Å². The fourth-order valence-electron chi connectivity index (χ4n) is 1.75. The van der Waals surface area contributed by atoms with Crippen molar-refractivity contribution < 1.29 is 19.1 Å². The topological polar surface area (TPSA) is 82.9 Å². The first-order valence-corrected chi connectivity index (χ1v) is 6.91. The molecule has 0 amide bonds. The first-order valence-electron chi connectivity index (χ1n) is 6.91. The number of nitrogens with one attached hydrogen (secondary N) is 1. The largest absolute Gasteiger partial charge is 0.487 e. The SMILES string of the molecule is CCNc1cccc(OCCCOCCOC)c1[N+](=O)[O-]. The number of nitro benzene ring substituents is 1. The summed E-state index contributed by atoms with van der Waals surface area (Å²) in [4.78, 5) is 10.7. The van der Waals surface area contributed by atoms with Gasteiger partial charge in [0, 0.05) is 26.7 Å². The second kappa shape index (κ2) is 9.95. The van der Waals surface area contributed by atoms with Crippen LogP contribution >= 0.6 is 0 Å². The van der Waals surface area contributed by atoms with E-state index in [1.807, 2.05) is 6.92 Å². The molecule has 0 aliphatic rings. The minimum absolute atomic E-state index is 0.0281. The summed E-state index contributed by atoms with van der Waals surface area (Å²) in [6.07, 6.45) is 0.659. The average Bonchev–Trinajstić information content (AvgIpc) is 2.46. The zero-order chi connectivity index (χ0) is 15.5. The molecule has 0 aliphatic carbocycles. The molecule has 0 radical (unpaired) electrons. The highest BCUT2D eigenvalue weighted by Gasteiger charge is 2.20. The van der Waals surface area contributed by atoms with Gasteiger partial charge in [-0.2, -0.15) is 0 Å². The van der Waals surface area contributed by atoms with Crippen LogP contribution in [0, 0.1) is 10.1 Å². The second-order valence-corrected chi connectivity index (χ2v) is 4.25. The Kier molecular flexibility index (Phi) is 8.15. The highest BCUT2D eigenvalue weighted by molar-refractivity contribution is 5.68. The van der Waals surface area contributed by atoms with E-state index < -0.39 is 4.92 Å². The number of para-hydroxylation sites is 1. The van der Waals surface area contributed by atoms with Crippen molar-refractivity contribution in [2.75, 3.05) is 45.4 Å². The maximum Gasteiger partial charge on any atom is 0.333 e. The number of methoxy groups -OCH3 is 1. The first-order chi connectivity index (χ1) is 10.2. The van der Waals surface area contributed by atoms with Gasteiger partial charge >= 0.3 is 5.69 Å². The zero-order valence-electron chi connectivity index (χ0n) is 12.5. The van der Waals surface area contributed by atoms with Crippen LogP contribution in [0.1, 0.15) is 13.3 Å². The molecule has 7 nitrogen and oxygen atoms in total. The van der Waals surface area contributed by atoms with Crippen molar-refractivity contribution in [3.05, 3.63) is 28.3 Å². The predicted molar refractivity (Wildman–Crippen MR) is 80.1 cm³/mol. The molecule has 1 aromatic rings. The average molecular weight is 298 g/mol. The van der Waals surface area contributed by atoms with Crippen molar-refractivity contribution in [1.82, 2.24) is 0 Å². The van der Waals surface area contributed by atoms with E-state index in [0.717, 1.165) is 0 Å². The third-order valence-corrected chi connectivity index (χ3v) is 2.67. The van der Waals surface area contributed by atoms with Crippen molar-refractivity contribution in [2.24, 2.45) is 0 Å². The molecule has 0 bridgehead atoms. The van der Waals surface area contributed by atoms with E-state index in [4.69, 9.17) is 14.2 Å². The number of benzene rings is 1. The Morgan fingerprint density at radius 2 is 2.05 bits per heavy atom. The quantitative estimate of drug-likeness (QED) is 0.384. The van der Waals surface area contributed by atoms with Crippen molar-refractivity contribution in [3.8, 4) is 5.75 Å². The van der Waals surface area contributed by atoms with E-state index in [-0.39, 0.29) is 11.4 Å². The Morgan fingerprint density at radius 3 is 2.71 bits per heavy atom. The second-order valence-electron chi connectivity index (χ2n) is 4.25. The Balaban J connectivity index is 2.50. The van der Waals surface area contributed by atoms with Crippen LogP contribution in [0.5, 0.6) is 5.75 Å². The molecule has 0 heterocycles. The fraction of sp³-hybridized carbons (Fsp3) is 0.571. The number of ether oxygens (including phenoxy) is 3. The van der Waals surface area contributed by atoms with Gasteiger partial charge in [-0.25, -0.2) is 0 Å². The van der Waals surface area contributed by atoms with Crippen LogP contribution in [-0.2, 0) is 9.47 Å². The maximum absolute atomic E-state index is 11.2. The number of nitrogens with zero attached hydrogens (tertiary/aromatic N) is 1. The lowest BCUT2D eigenvalue weighted by molar-refractivity contribution is -0.385. The molecule has 0 saturated heterocycles. The molecule has 0 aromatic heterocycles. The third kappa shape index (κ3) is 5.97. The lowest BCUT2D eigenvalue weighted by Gasteiger charge is -2.10. The molecule has 118 valence electrons. The molecule has 7 heteroatoms. The smallest absolute Gasteiger partial charge is 0.333 e. The Labute approximate surface area is 124 Å². The number of anilines is 1. The summed E-state index contributed by atoms with van der Waals surface area (Å²) < 4.78 is 15.7. The van der Waals surface area contributed by atoms with Crippen molar-refractivity contribution in [2.45, 2.75) is 13.3 Å². The molecule has 21 heavy (non-hydrogen) atoms. The highest BCUT2D eigenvalue weighted by Crippen LogP contribution is 2.34. The van der Waals surface area contributed by atoms with Gasteiger partial charge in [0.25, 0.3) is 0 Å². The summed E-state index contributed by atoms with van der Waals surface area (Å²) >= 11 is 0. The molecule has 1 rings (SSSR count). The lowest BCUT2D eigenvalue weighted by atomic mass is 10.2. The molecule has 0 unspecified atom stereocenters. The predicted octanol–water partition coefficient (Wildman–Crippen LogP) is 2.46. The van der Waals surface area contributed by atoms with Gasteiger partial charge in [0.05, 0.1) is 24.7 Å². The number of hydrogen-bond acceptors (Lipinski definition) is 6.